The van der Waals surface area contributed by atoms with Crippen molar-refractivity contribution in [3.63, 3.8) is 0 Å². The Kier molecular flexibility index (Phi) is 6.34. The lowest BCUT2D eigenvalue weighted by Crippen LogP contribution is -2.33. The number of rotatable bonds is 6. The summed E-state index contributed by atoms with van der Waals surface area (Å²) in [5.41, 5.74) is 6.10. The first kappa shape index (κ1) is 15.5. The van der Waals surface area contributed by atoms with E-state index < -0.39 is 0 Å². The van der Waals surface area contributed by atoms with Gasteiger partial charge >= 0.3 is 0 Å². The van der Waals surface area contributed by atoms with E-state index in [4.69, 9.17) is 5.73 Å². The van der Waals surface area contributed by atoms with Gasteiger partial charge in [0.2, 0.25) is 5.91 Å². The first-order valence-corrected chi connectivity index (χ1v) is 7.15. The van der Waals surface area contributed by atoms with Crippen LogP contribution in [0.5, 0.6) is 0 Å². The largest absolute Gasteiger partial charge is 0.366 e. The zero-order valence-electron chi connectivity index (χ0n) is 12.3. The van der Waals surface area contributed by atoms with E-state index in [0.717, 1.165) is 23.3 Å². The Balaban J connectivity index is 3.30. The van der Waals surface area contributed by atoms with Crippen LogP contribution in [0.3, 0.4) is 0 Å². The Bertz CT molecular complexity index is 529. The fraction of sp³-hybridized carbons (Fsp3) is 0.471. The van der Waals surface area contributed by atoms with E-state index in [1.807, 2.05) is 12.1 Å². The Morgan fingerprint density at radius 1 is 1.32 bits per heavy atom. The quantitative estimate of drug-likeness (QED) is 0.784. The summed E-state index contributed by atoms with van der Waals surface area (Å²) in [6.07, 6.45) is 8.70. The van der Waals surface area contributed by atoms with Crippen molar-refractivity contribution in [2.75, 3.05) is 0 Å². The number of benzene rings is 1. The van der Waals surface area contributed by atoms with Gasteiger partial charge in [0.15, 0.2) is 0 Å². The third-order valence-corrected chi connectivity index (χ3v) is 3.12. The predicted molar refractivity (Wildman–Crippen MR) is 82.1 cm³/mol. The van der Waals surface area contributed by atoms with E-state index in [-0.39, 0.29) is 5.91 Å². The standard InChI is InChI=1S/C17H25NO/c1-4-5-6-8-14-9-7-10-16(17(18)19)15(14)12-11-13(2)3/h7-10,12-13H,4-6,11H2,1-3H3,(H2,18,19)/b14-8-,15-12-. The maximum atomic E-state index is 11.5. The van der Waals surface area contributed by atoms with Crippen LogP contribution in [0.15, 0.2) is 18.2 Å². The number of carbonyl (C=O) groups excluding carboxylic acids is 1. The molecular formula is C17H25NO. The molecule has 0 heterocycles. The minimum absolute atomic E-state index is 0.347. The van der Waals surface area contributed by atoms with Crippen LogP contribution in [0.1, 0.15) is 56.8 Å². The minimum atomic E-state index is -0.347. The molecule has 1 aromatic rings. The number of hydrogen-bond acceptors (Lipinski definition) is 1. The summed E-state index contributed by atoms with van der Waals surface area (Å²) >= 11 is 0. The second-order valence-electron chi connectivity index (χ2n) is 5.35. The molecule has 0 aliphatic heterocycles. The summed E-state index contributed by atoms with van der Waals surface area (Å²) in [5.74, 6) is 0.227. The number of nitrogens with two attached hydrogens (primary N) is 1. The molecule has 19 heavy (non-hydrogen) atoms. The molecule has 0 spiro atoms. The highest BCUT2D eigenvalue weighted by Crippen LogP contribution is 2.00. The molecule has 0 saturated heterocycles. The molecule has 0 unspecified atom stereocenters. The molecule has 2 heteroatoms. The van der Waals surface area contributed by atoms with Gasteiger partial charge in [-0.25, -0.2) is 0 Å². The molecule has 0 radical (unpaired) electrons. The number of amides is 1. The molecule has 1 aromatic carbocycles. The van der Waals surface area contributed by atoms with Crippen molar-refractivity contribution in [2.45, 2.75) is 46.5 Å². The van der Waals surface area contributed by atoms with Crippen molar-refractivity contribution in [2.24, 2.45) is 11.7 Å². The van der Waals surface area contributed by atoms with Crippen LogP contribution in [-0.2, 0) is 0 Å². The lowest BCUT2D eigenvalue weighted by molar-refractivity contribution is 0.0999. The van der Waals surface area contributed by atoms with Gasteiger partial charge in [0, 0.05) is 5.56 Å². The van der Waals surface area contributed by atoms with E-state index in [9.17, 15) is 4.79 Å². The first-order valence-electron chi connectivity index (χ1n) is 7.15. The highest BCUT2D eigenvalue weighted by Gasteiger charge is 2.03. The summed E-state index contributed by atoms with van der Waals surface area (Å²) in [6, 6.07) is 5.78. The molecule has 104 valence electrons. The summed E-state index contributed by atoms with van der Waals surface area (Å²) in [4.78, 5) is 11.5. The van der Waals surface area contributed by atoms with Gasteiger partial charge in [-0.05, 0) is 35.3 Å². The van der Waals surface area contributed by atoms with Crippen LogP contribution in [-0.4, -0.2) is 5.91 Å². The summed E-state index contributed by atoms with van der Waals surface area (Å²) < 4.78 is 0. The molecule has 1 amide bonds. The Hall–Kier alpha value is -1.57. The molecule has 2 nitrogen and oxygen atoms in total. The zero-order chi connectivity index (χ0) is 14.3. The maximum absolute atomic E-state index is 11.5. The third-order valence-electron chi connectivity index (χ3n) is 3.12. The Morgan fingerprint density at radius 2 is 2.05 bits per heavy atom. The van der Waals surface area contributed by atoms with Crippen LogP contribution in [0.2, 0.25) is 0 Å². The maximum Gasteiger partial charge on any atom is 0.249 e. The Labute approximate surface area is 116 Å². The number of unbranched alkanes of at least 4 members (excludes halogenated alkanes) is 2. The van der Waals surface area contributed by atoms with E-state index in [1.165, 1.54) is 12.8 Å². The first-order chi connectivity index (χ1) is 9.06. The van der Waals surface area contributed by atoms with Gasteiger partial charge in [0.1, 0.15) is 0 Å². The van der Waals surface area contributed by atoms with Gasteiger partial charge in [0.05, 0.1) is 0 Å². The highest BCUT2D eigenvalue weighted by molar-refractivity contribution is 5.93. The normalized spacial score (nSPS) is 13.3. The lowest BCUT2D eigenvalue weighted by atomic mass is 10.0. The van der Waals surface area contributed by atoms with Crippen LogP contribution in [0, 0.1) is 5.92 Å². The molecule has 0 fully saturated rings. The van der Waals surface area contributed by atoms with E-state index in [2.05, 4.69) is 39.0 Å². The summed E-state index contributed by atoms with van der Waals surface area (Å²) in [5, 5.41) is 2.13. The van der Waals surface area contributed by atoms with Gasteiger partial charge in [-0.1, -0.05) is 57.9 Å². The molecule has 0 saturated carbocycles. The molecule has 0 bridgehead atoms. The zero-order valence-corrected chi connectivity index (χ0v) is 12.3. The third kappa shape index (κ3) is 4.90. The molecule has 0 aliphatic carbocycles. The number of hydrogen-bond donors (Lipinski definition) is 1. The van der Waals surface area contributed by atoms with Crippen LogP contribution >= 0.6 is 0 Å². The lowest BCUT2D eigenvalue weighted by Gasteiger charge is -2.02. The summed E-state index contributed by atoms with van der Waals surface area (Å²) in [6.45, 7) is 6.52. The monoisotopic (exact) mass is 259 g/mol. The van der Waals surface area contributed by atoms with Crippen LogP contribution < -0.4 is 16.2 Å². The smallest absolute Gasteiger partial charge is 0.249 e. The molecule has 0 aliphatic rings. The van der Waals surface area contributed by atoms with Crippen molar-refractivity contribution in [1.29, 1.82) is 0 Å². The topological polar surface area (TPSA) is 43.1 Å². The average molecular weight is 259 g/mol. The fourth-order valence-electron chi connectivity index (χ4n) is 2.02. The van der Waals surface area contributed by atoms with Crippen molar-refractivity contribution in [3.05, 3.63) is 34.2 Å². The average Bonchev–Trinajstić information content (AvgIpc) is 2.36. The predicted octanol–water partition coefficient (Wildman–Crippen LogP) is 2.58. The van der Waals surface area contributed by atoms with Gasteiger partial charge in [-0.3, -0.25) is 4.79 Å². The number of carbonyl (C=O) groups is 1. The summed E-state index contributed by atoms with van der Waals surface area (Å²) in [7, 11) is 0. The highest BCUT2D eigenvalue weighted by atomic mass is 16.1. The molecule has 0 aromatic heterocycles. The van der Waals surface area contributed by atoms with E-state index >= 15 is 0 Å². The number of primary amides is 1. The second-order valence-corrected chi connectivity index (χ2v) is 5.35. The van der Waals surface area contributed by atoms with Gasteiger partial charge < -0.3 is 5.73 Å². The van der Waals surface area contributed by atoms with E-state index in [0.29, 0.717) is 11.5 Å². The molecular weight excluding hydrogens is 234 g/mol. The van der Waals surface area contributed by atoms with Gasteiger partial charge in [-0.2, -0.15) is 0 Å². The SMILES string of the molecule is CCCC/C=c1/cccc(C(N)=O)/c1=C\CC(C)C. The van der Waals surface area contributed by atoms with Crippen molar-refractivity contribution in [1.82, 2.24) is 0 Å². The molecule has 1 rings (SSSR count). The van der Waals surface area contributed by atoms with Gasteiger partial charge in [0.25, 0.3) is 0 Å². The Morgan fingerprint density at radius 3 is 2.63 bits per heavy atom. The fourth-order valence-corrected chi connectivity index (χ4v) is 2.02. The van der Waals surface area contributed by atoms with Crippen molar-refractivity contribution in [3.8, 4) is 0 Å². The minimum Gasteiger partial charge on any atom is -0.366 e. The molecule has 2 N–H and O–H groups in total. The second kappa shape index (κ2) is 7.78. The van der Waals surface area contributed by atoms with Gasteiger partial charge in [-0.15, -0.1) is 0 Å². The van der Waals surface area contributed by atoms with Crippen molar-refractivity contribution >= 4 is 18.1 Å². The molecule has 0 atom stereocenters. The van der Waals surface area contributed by atoms with Crippen molar-refractivity contribution < 1.29 is 4.79 Å². The van der Waals surface area contributed by atoms with Crippen LogP contribution in [0.4, 0.5) is 0 Å². The van der Waals surface area contributed by atoms with E-state index in [1.54, 1.807) is 0 Å². The van der Waals surface area contributed by atoms with Crippen LogP contribution in [0.25, 0.3) is 12.2 Å².